The van der Waals surface area contributed by atoms with E-state index >= 15 is 0 Å². The van der Waals surface area contributed by atoms with Crippen LogP contribution in [0.2, 0.25) is 0 Å². The number of anilines is 1. The molecule has 0 spiro atoms. The van der Waals surface area contributed by atoms with Crippen LogP contribution in [-0.2, 0) is 4.79 Å². The van der Waals surface area contributed by atoms with E-state index in [4.69, 9.17) is 4.74 Å². The first kappa shape index (κ1) is 18.3. The summed E-state index contributed by atoms with van der Waals surface area (Å²) in [6.45, 7) is 4.56. The van der Waals surface area contributed by atoms with E-state index in [1.54, 1.807) is 18.3 Å². The van der Waals surface area contributed by atoms with Crippen LogP contribution in [0.4, 0.5) is 10.5 Å². The molecule has 0 bridgehead atoms. The Morgan fingerprint density at radius 2 is 1.88 bits per heavy atom. The lowest BCUT2D eigenvalue weighted by molar-refractivity contribution is -0.115. The molecule has 0 atom stereocenters. The van der Waals surface area contributed by atoms with E-state index in [9.17, 15) is 9.59 Å². The van der Waals surface area contributed by atoms with Crippen molar-refractivity contribution < 1.29 is 14.3 Å². The summed E-state index contributed by atoms with van der Waals surface area (Å²) in [5, 5.41) is 7.74. The molecule has 1 aromatic carbocycles. The molecule has 1 heterocycles. The van der Waals surface area contributed by atoms with Crippen molar-refractivity contribution in [2.24, 2.45) is 0 Å². The summed E-state index contributed by atoms with van der Waals surface area (Å²) < 4.78 is 5.59. The molecule has 0 fully saturated rings. The maximum absolute atomic E-state index is 11.7. The Labute approximate surface area is 146 Å². The van der Waals surface area contributed by atoms with Gasteiger partial charge in [0.05, 0.1) is 25.0 Å². The van der Waals surface area contributed by atoms with E-state index in [0.717, 1.165) is 16.9 Å². The number of pyridine rings is 1. The van der Waals surface area contributed by atoms with Gasteiger partial charge in [0.25, 0.3) is 0 Å². The zero-order chi connectivity index (χ0) is 18.1. The van der Waals surface area contributed by atoms with Crippen LogP contribution in [0.1, 0.15) is 11.1 Å². The topological polar surface area (TPSA) is 92.4 Å². The third-order valence-electron chi connectivity index (χ3n) is 3.21. The summed E-state index contributed by atoms with van der Waals surface area (Å²) in [4.78, 5) is 27.2. The number of benzene rings is 1. The second-order valence-corrected chi connectivity index (χ2v) is 5.57. The smallest absolute Gasteiger partial charge is 0.315 e. The number of hydrogen-bond acceptors (Lipinski definition) is 4. The van der Waals surface area contributed by atoms with Crippen LogP contribution in [0.3, 0.4) is 0 Å². The fraction of sp³-hybridized carbons (Fsp3) is 0.278. The molecule has 0 aliphatic rings. The van der Waals surface area contributed by atoms with E-state index in [2.05, 4.69) is 27.0 Å². The minimum Gasteiger partial charge on any atom is -0.492 e. The average molecular weight is 342 g/mol. The zero-order valence-corrected chi connectivity index (χ0v) is 14.3. The van der Waals surface area contributed by atoms with E-state index < -0.39 is 6.03 Å². The Morgan fingerprint density at radius 3 is 2.56 bits per heavy atom. The lowest BCUT2D eigenvalue weighted by Crippen LogP contribution is -2.41. The number of carbonyl (C=O) groups is 2. The molecule has 2 aromatic rings. The molecule has 0 aliphatic heterocycles. The van der Waals surface area contributed by atoms with Crippen LogP contribution >= 0.6 is 0 Å². The van der Waals surface area contributed by atoms with Gasteiger partial charge in [0, 0.05) is 6.20 Å². The van der Waals surface area contributed by atoms with Crippen molar-refractivity contribution in [1.82, 2.24) is 15.6 Å². The van der Waals surface area contributed by atoms with Gasteiger partial charge in [-0.15, -0.1) is 0 Å². The molecule has 0 unspecified atom stereocenters. The predicted octanol–water partition coefficient (Wildman–Crippen LogP) is 2.02. The van der Waals surface area contributed by atoms with Gasteiger partial charge in [-0.1, -0.05) is 6.07 Å². The Morgan fingerprint density at radius 1 is 1.12 bits per heavy atom. The molecule has 2 rings (SSSR count). The minimum absolute atomic E-state index is 0.126. The monoisotopic (exact) mass is 342 g/mol. The molecule has 3 amide bonds. The quantitative estimate of drug-likeness (QED) is 0.671. The van der Waals surface area contributed by atoms with Crippen LogP contribution in [0.25, 0.3) is 0 Å². The van der Waals surface area contributed by atoms with Crippen LogP contribution in [0.15, 0.2) is 42.7 Å². The highest BCUT2D eigenvalue weighted by Gasteiger charge is 2.05. The number of rotatable bonds is 7. The molecule has 1 aromatic heterocycles. The van der Waals surface area contributed by atoms with Gasteiger partial charge >= 0.3 is 6.03 Å². The van der Waals surface area contributed by atoms with Crippen molar-refractivity contribution in [2.75, 3.05) is 25.0 Å². The highest BCUT2D eigenvalue weighted by atomic mass is 16.5. The predicted molar refractivity (Wildman–Crippen MR) is 95.7 cm³/mol. The molecule has 0 radical (unpaired) electrons. The number of ether oxygens (including phenoxy) is 1. The first-order chi connectivity index (χ1) is 12.0. The Balaban J connectivity index is 1.61. The summed E-state index contributed by atoms with van der Waals surface area (Å²) in [7, 11) is 0. The standard InChI is InChI=1S/C18H22N4O3/c1-13-8-14(2)10-16(9-13)25-7-6-20-18(24)21-12-17(23)22-15-4-3-5-19-11-15/h3-5,8-11H,6-7,12H2,1-2H3,(H,22,23)(H2,20,21,24). The van der Waals surface area contributed by atoms with Gasteiger partial charge in [-0.3, -0.25) is 9.78 Å². The van der Waals surface area contributed by atoms with Crippen molar-refractivity contribution in [3.8, 4) is 5.75 Å². The molecule has 0 saturated heterocycles. The van der Waals surface area contributed by atoms with Crippen molar-refractivity contribution in [1.29, 1.82) is 0 Å². The number of hydrogen-bond donors (Lipinski definition) is 3. The molecule has 132 valence electrons. The second kappa shape index (κ2) is 9.27. The van der Waals surface area contributed by atoms with Gasteiger partial charge in [0.2, 0.25) is 5.91 Å². The molecular formula is C18H22N4O3. The number of carbonyl (C=O) groups excluding carboxylic acids is 2. The summed E-state index contributed by atoms with van der Waals surface area (Å²) in [6.07, 6.45) is 3.14. The van der Waals surface area contributed by atoms with Gasteiger partial charge in [0.15, 0.2) is 0 Å². The van der Waals surface area contributed by atoms with Gasteiger partial charge < -0.3 is 20.7 Å². The fourth-order valence-corrected chi connectivity index (χ4v) is 2.21. The fourth-order valence-electron chi connectivity index (χ4n) is 2.21. The number of nitrogens with one attached hydrogen (secondary N) is 3. The van der Waals surface area contributed by atoms with E-state index in [-0.39, 0.29) is 12.5 Å². The van der Waals surface area contributed by atoms with Crippen LogP contribution < -0.4 is 20.7 Å². The summed E-state index contributed by atoms with van der Waals surface area (Å²) in [6, 6.07) is 8.95. The van der Waals surface area contributed by atoms with Crippen LogP contribution in [-0.4, -0.2) is 36.6 Å². The number of amides is 3. The third-order valence-corrected chi connectivity index (χ3v) is 3.21. The largest absolute Gasteiger partial charge is 0.492 e. The van der Waals surface area contributed by atoms with Gasteiger partial charge in [-0.25, -0.2) is 4.79 Å². The number of aromatic nitrogens is 1. The van der Waals surface area contributed by atoms with Gasteiger partial charge in [-0.05, 0) is 49.2 Å². The molecule has 7 heteroatoms. The number of urea groups is 1. The van der Waals surface area contributed by atoms with E-state index in [1.807, 2.05) is 26.0 Å². The third kappa shape index (κ3) is 6.90. The normalized spacial score (nSPS) is 10.0. The first-order valence-electron chi connectivity index (χ1n) is 7.95. The van der Waals surface area contributed by atoms with Gasteiger partial charge in [-0.2, -0.15) is 0 Å². The van der Waals surface area contributed by atoms with Crippen LogP contribution in [0, 0.1) is 13.8 Å². The molecule has 0 aliphatic carbocycles. The van der Waals surface area contributed by atoms with E-state index in [1.165, 1.54) is 6.20 Å². The SMILES string of the molecule is Cc1cc(C)cc(OCCNC(=O)NCC(=O)Nc2cccnc2)c1. The number of nitrogens with zero attached hydrogens (tertiary/aromatic N) is 1. The second-order valence-electron chi connectivity index (χ2n) is 5.57. The van der Waals surface area contributed by atoms with Crippen molar-refractivity contribution in [3.05, 3.63) is 53.9 Å². The first-order valence-corrected chi connectivity index (χ1v) is 7.95. The van der Waals surface area contributed by atoms with Crippen molar-refractivity contribution in [3.63, 3.8) is 0 Å². The summed E-state index contributed by atoms with van der Waals surface area (Å²) in [5.41, 5.74) is 2.83. The highest BCUT2D eigenvalue weighted by Crippen LogP contribution is 2.15. The van der Waals surface area contributed by atoms with Crippen molar-refractivity contribution in [2.45, 2.75) is 13.8 Å². The van der Waals surface area contributed by atoms with E-state index in [0.29, 0.717) is 18.8 Å². The lowest BCUT2D eigenvalue weighted by atomic mass is 10.1. The Hall–Kier alpha value is -3.09. The maximum Gasteiger partial charge on any atom is 0.315 e. The van der Waals surface area contributed by atoms with Crippen LogP contribution in [0.5, 0.6) is 5.75 Å². The molecule has 25 heavy (non-hydrogen) atoms. The molecule has 3 N–H and O–H groups in total. The average Bonchev–Trinajstić information content (AvgIpc) is 2.57. The van der Waals surface area contributed by atoms with Gasteiger partial charge in [0.1, 0.15) is 12.4 Å². The Bertz CT molecular complexity index is 699. The number of aryl methyl sites for hydroxylation is 2. The van der Waals surface area contributed by atoms with Crippen molar-refractivity contribution >= 4 is 17.6 Å². The Kier molecular flexibility index (Phi) is 6.76. The molecular weight excluding hydrogens is 320 g/mol. The lowest BCUT2D eigenvalue weighted by Gasteiger charge is -2.10. The summed E-state index contributed by atoms with van der Waals surface area (Å²) >= 11 is 0. The minimum atomic E-state index is -0.426. The molecule has 0 saturated carbocycles. The zero-order valence-electron chi connectivity index (χ0n) is 14.3. The maximum atomic E-state index is 11.7. The highest BCUT2D eigenvalue weighted by molar-refractivity contribution is 5.94. The molecule has 7 nitrogen and oxygen atoms in total. The summed E-state index contributed by atoms with van der Waals surface area (Å²) in [5.74, 6) is 0.449.